The minimum Gasteiger partial charge on any atom is -0.352 e. The predicted octanol–water partition coefficient (Wildman–Crippen LogP) is 4.35. The predicted molar refractivity (Wildman–Crippen MR) is 154 cm³/mol. The summed E-state index contributed by atoms with van der Waals surface area (Å²) in [6, 6.07) is 11.6. The van der Waals surface area contributed by atoms with Crippen LogP contribution in [0.3, 0.4) is 0 Å². The van der Waals surface area contributed by atoms with Gasteiger partial charge >= 0.3 is 6.18 Å². The third-order valence-corrected chi connectivity index (χ3v) is 7.77. The van der Waals surface area contributed by atoms with Gasteiger partial charge in [0.25, 0.3) is 17.4 Å². The number of halogens is 4. The van der Waals surface area contributed by atoms with E-state index < -0.39 is 40.2 Å². The van der Waals surface area contributed by atoms with Gasteiger partial charge in [-0.15, -0.1) is 0 Å². The molecule has 3 heterocycles. The minimum atomic E-state index is -4.74. The number of amides is 2. The highest BCUT2D eigenvalue weighted by Gasteiger charge is 2.36. The first-order valence-electron chi connectivity index (χ1n) is 13.2. The van der Waals surface area contributed by atoms with E-state index in [2.05, 4.69) is 10.3 Å². The molecule has 0 saturated carbocycles. The van der Waals surface area contributed by atoms with Crippen LogP contribution in [0.5, 0.6) is 0 Å². The number of hydrogen-bond acceptors (Lipinski definition) is 6. The molecular formula is C29H27ClF3N7O3. The van der Waals surface area contributed by atoms with E-state index in [1.165, 1.54) is 33.3 Å². The summed E-state index contributed by atoms with van der Waals surface area (Å²) in [4.78, 5) is 52.2. The number of fused-ring (bicyclic) bond motifs is 1. The second-order valence-corrected chi connectivity index (χ2v) is 10.5. The number of imidazole rings is 1. The third kappa shape index (κ3) is 5.36. The molecule has 0 saturated heterocycles. The van der Waals surface area contributed by atoms with Gasteiger partial charge in [0.2, 0.25) is 5.95 Å². The Morgan fingerprint density at radius 2 is 1.84 bits per heavy atom. The lowest BCUT2D eigenvalue weighted by atomic mass is 9.98. The largest absolute Gasteiger partial charge is 0.417 e. The van der Waals surface area contributed by atoms with Gasteiger partial charge in [-0.05, 0) is 43.7 Å². The van der Waals surface area contributed by atoms with E-state index in [1.54, 1.807) is 25.9 Å². The molecule has 14 heteroatoms. The number of para-hydroxylation sites is 1. The highest BCUT2D eigenvalue weighted by atomic mass is 35.5. The monoisotopic (exact) mass is 613 g/mol. The molecule has 2 amide bonds. The molecule has 1 aliphatic rings. The minimum absolute atomic E-state index is 0.0850. The molecule has 2 aromatic heterocycles. The maximum Gasteiger partial charge on any atom is 0.417 e. The Hall–Kier alpha value is -4.65. The van der Waals surface area contributed by atoms with Crippen LogP contribution in [-0.2, 0) is 26.2 Å². The lowest BCUT2D eigenvalue weighted by Crippen LogP contribution is -2.46. The van der Waals surface area contributed by atoms with Gasteiger partial charge in [-0.2, -0.15) is 13.2 Å². The summed E-state index contributed by atoms with van der Waals surface area (Å²) in [6.07, 6.45) is -3.23. The third-order valence-electron chi connectivity index (χ3n) is 7.44. The number of rotatable bonds is 5. The average Bonchev–Trinajstić information content (AvgIpc) is 3.36. The van der Waals surface area contributed by atoms with E-state index in [4.69, 9.17) is 16.6 Å². The summed E-state index contributed by atoms with van der Waals surface area (Å²) in [6.45, 7) is 1.60. The smallest absolute Gasteiger partial charge is 0.352 e. The average molecular weight is 614 g/mol. The van der Waals surface area contributed by atoms with Crippen LogP contribution < -0.4 is 15.8 Å². The van der Waals surface area contributed by atoms with E-state index in [0.29, 0.717) is 22.8 Å². The fourth-order valence-corrected chi connectivity index (χ4v) is 5.31. The van der Waals surface area contributed by atoms with Gasteiger partial charge in [0.15, 0.2) is 5.82 Å². The molecule has 0 unspecified atom stereocenters. The van der Waals surface area contributed by atoms with E-state index in [0.717, 1.165) is 12.1 Å². The Morgan fingerprint density at radius 3 is 2.49 bits per heavy atom. The standard InChI is InChI=1S/C29H27ClF3N7O3/c1-16-12-19-22(15-39(16)26(42)17-10-11-21(30)20(13-17)29(31,32)33)36-28(37(3)18-8-6-5-7-9-18)40(27(19)43)23-14-35-24(38(23)4)25(41)34-2/h5-11,13-14,16H,12,15H2,1-4H3,(H,34,41)/t16-/m1/s1. The van der Waals surface area contributed by atoms with Crippen molar-refractivity contribution in [2.75, 3.05) is 19.0 Å². The molecule has 2 aromatic carbocycles. The maximum absolute atomic E-state index is 14.2. The Balaban J connectivity index is 1.63. The van der Waals surface area contributed by atoms with Crippen LogP contribution in [0.15, 0.2) is 59.5 Å². The van der Waals surface area contributed by atoms with Crippen molar-refractivity contribution in [2.45, 2.75) is 32.1 Å². The number of nitrogens with zero attached hydrogens (tertiary/aromatic N) is 6. The molecule has 10 nitrogen and oxygen atoms in total. The molecule has 0 spiro atoms. The van der Waals surface area contributed by atoms with E-state index >= 15 is 0 Å². The van der Waals surface area contributed by atoms with Gasteiger partial charge in [0, 0.05) is 44.0 Å². The Morgan fingerprint density at radius 1 is 1.14 bits per heavy atom. The van der Waals surface area contributed by atoms with Gasteiger partial charge < -0.3 is 19.7 Å². The molecule has 43 heavy (non-hydrogen) atoms. The SMILES string of the molecule is CNC(=O)c1ncc(-n2c(N(C)c3ccccc3)nc3c(c2=O)C[C@@H](C)N(C(=O)c2ccc(Cl)c(C(F)(F)F)c2)C3)n1C. The van der Waals surface area contributed by atoms with Gasteiger partial charge in [0.1, 0.15) is 5.82 Å². The summed E-state index contributed by atoms with van der Waals surface area (Å²) in [5, 5.41) is 2.01. The summed E-state index contributed by atoms with van der Waals surface area (Å²) >= 11 is 5.76. The van der Waals surface area contributed by atoms with Crippen molar-refractivity contribution in [2.24, 2.45) is 7.05 Å². The second kappa shape index (κ2) is 11.2. The molecule has 224 valence electrons. The van der Waals surface area contributed by atoms with Crippen LogP contribution in [0.4, 0.5) is 24.8 Å². The van der Waals surface area contributed by atoms with Gasteiger partial charge in [-0.3, -0.25) is 14.4 Å². The van der Waals surface area contributed by atoms with Crippen molar-refractivity contribution >= 4 is 35.1 Å². The number of nitrogens with one attached hydrogen (secondary N) is 1. The van der Waals surface area contributed by atoms with E-state index in [-0.39, 0.29) is 30.3 Å². The Kier molecular flexibility index (Phi) is 7.78. The van der Waals surface area contributed by atoms with Crippen molar-refractivity contribution in [3.8, 4) is 5.82 Å². The van der Waals surface area contributed by atoms with Crippen LogP contribution in [0.2, 0.25) is 5.02 Å². The summed E-state index contributed by atoms with van der Waals surface area (Å²) in [5.74, 6) is -0.518. The number of carbonyl (C=O) groups excluding carboxylic acids is 2. The first-order chi connectivity index (χ1) is 20.3. The van der Waals surface area contributed by atoms with Crippen LogP contribution in [0, 0.1) is 0 Å². The number of anilines is 2. The number of hydrogen-bond donors (Lipinski definition) is 1. The quantitative estimate of drug-likeness (QED) is 0.359. The lowest BCUT2D eigenvalue weighted by molar-refractivity contribution is -0.137. The van der Waals surface area contributed by atoms with Gasteiger partial charge in [0.05, 0.1) is 29.0 Å². The zero-order valence-corrected chi connectivity index (χ0v) is 24.4. The van der Waals surface area contributed by atoms with E-state index in [1.807, 2.05) is 30.3 Å². The molecule has 4 aromatic rings. The molecule has 0 bridgehead atoms. The van der Waals surface area contributed by atoms with Crippen molar-refractivity contribution in [1.29, 1.82) is 0 Å². The fourth-order valence-electron chi connectivity index (χ4n) is 5.09. The van der Waals surface area contributed by atoms with Crippen molar-refractivity contribution < 1.29 is 22.8 Å². The normalized spacial score (nSPS) is 14.8. The second-order valence-electron chi connectivity index (χ2n) is 10.1. The van der Waals surface area contributed by atoms with Crippen molar-refractivity contribution in [3.63, 3.8) is 0 Å². The van der Waals surface area contributed by atoms with Crippen LogP contribution >= 0.6 is 11.6 Å². The van der Waals surface area contributed by atoms with Gasteiger partial charge in [-0.25, -0.2) is 14.5 Å². The fraction of sp³-hybridized carbons (Fsp3) is 0.276. The molecule has 1 N–H and O–H groups in total. The molecule has 0 fully saturated rings. The zero-order chi connectivity index (χ0) is 31.2. The van der Waals surface area contributed by atoms with Crippen molar-refractivity contribution in [3.05, 3.63) is 98.3 Å². The number of aromatic nitrogens is 4. The maximum atomic E-state index is 14.2. The zero-order valence-electron chi connectivity index (χ0n) is 23.6. The summed E-state index contributed by atoms with van der Waals surface area (Å²) < 4.78 is 43.3. The number of carbonyl (C=O) groups is 2. The van der Waals surface area contributed by atoms with E-state index in [9.17, 15) is 27.6 Å². The van der Waals surface area contributed by atoms with Crippen LogP contribution in [0.25, 0.3) is 5.82 Å². The molecule has 0 radical (unpaired) electrons. The summed E-state index contributed by atoms with van der Waals surface area (Å²) in [7, 11) is 4.80. The van der Waals surface area contributed by atoms with Crippen LogP contribution in [-0.4, -0.2) is 56.0 Å². The first-order valence-corrected chi connectivity index (χ1v) is 13.6. The first kappa shape index (κ1) is 29.8. The number of alkyl halides is 3. The highest BCUT2D eigenvalue weighted by Crippen LogP contribution is 2.36. The molecule has 0 aliphatic carbocycles. The number of benzene rings is 2. The van der Waals surface area contributed by atoms with Gasteiger partial charge in [-0.1, -0.05) is 29.8 Å². The highest BCUT2D eigenvalue weighted by molar-refractivity contribution is 6.31. The molecule has 1 atom stereocenters. The topological polar surface area (TPSA) is 105 Å². The molecule has 5 rings (SSSR count). The Labute approximate surface area is 249 Å². The summed E-state index contributed by atoms with van der Waals surface area (Å²) in [5.41, 5.74) is -0.349. The van der Waals surface area contributed by atoms with Crippen molar-refractivity contribution in [1.82, 2.24) is 29.3 Å². The Bertz CT molecular complexity index is 1790. The molecular weight excluding hydrogens is 587 g/mol. The molecule has 1 aliphatic heterocycles. The van der Waals surface area contributed by atoms with Crippen LogP contribution in [0.1, 0.15) is 44.7 Å². The lowest BCUT2D eigenvalue weighted by Gasteiger charge is -2.35.